The van der Waals surface area contributed by atoms with E-state index in [0.717, 1.165) is 67.1 Å². The molecule has 0 saturated carbocycles. The predicted molar refractivity (Wildman–Crippen MR) is 213 cm³/mol. The maximum Gasteiger partial charge on any atom is 0.0998 e. The molecule has 4 nitrogen and oxygen atoms in total. The summed E-state index contributed by atoms with van der Waals surface area (Å²) in [6.45, 7) is 0. The normalized spacial score (nSPS) is 19.1. The molecule has 0 N–H and O–H groups in total. The molecule has 250 valence electrons. The largest absolute Gasteiger partial charge is 0.247 e. The van der Waals surface area contributed by atoms with Crippen molar-refractivity contribution in [3.63, 3.8) is 0 Å². The Morgan fingerprint density at radius 1 is 0.241 bits per heavy atom. The van der Waals surface area contributed by atoms with E-state index in [-0.39, 0.29) is 23.7 Å². The molecule has 0 fully saturated rings. The second-order valence-electron chi connectivity index (χ2n) is 15.1. The molecule has 7 aromatic carbocycles. The van der Waals surface area contributed by atoms with Crippen molar-refractivity contribution in [2.75, 3.05) is 0 Å². The van der Waals surface area contributed by atoms with E-state index in [0.29, 0.717) is 0 Å². The molecule has 2 aromatic heterocycles. The van der Waals surface area contributed by atoms with Crippen molar-refractivity contribution in [2.24, 2.45) is 0 Å². The van der Waals surface area contributed by atoms with Gasteiger partial charge in [0, 0.05) is 11.1 Å². The minimum absolute atomic E-state index is 0.00662. The van der Waals surface area contributed by atoms with Gasteiger partial charge in [-0.3, -0.25) is 0 Å². The molecule has 9 aromatic rings. The van der Waals surface area contributed by atoms with Gasteiger partial charge >= 0.3 is 0 Å². The lowest BCUT2D eigenvalue weighted by Gasteiger charge is -2.41. The fourth-order valence-electron chi connectivity index (χ4n) is 10.4. The highest BCUT2D eigenvalue weighted by atomic mass is 14.9. The third-order valence-corrected chi connectivity index (χ3v) is 12.5. The number of hydrogen-bond acceptors (Lipinski definition) is 4. The van der Waals surface area contributed by atoms with Crippen LogP contribution < -0.4 is 0 Å². The van der Waals surface area contributed by atoms with Gasteiger partial charge in [-0.05, 0) is 55.6 Å². The Kier molecular flexibility index (Phi) is 5.55. The molecule has 2 heterocycles. The summed E-state index contributed by atoms with van der Waals surface area (Å²) in [5, 5.41) is 0. The molecule has 54 heavy (non-hydrogen) atoms. The van der Waals surface area contributed by atoms with Gasteiger partial charge in [0.1, 0.15) is 0 Å². The van der Waals surface area contributed by atoms with Crippen LogP contribution in [0.1, 0.15) is 91.0 Å². The summed E-state index contributed by atoms with van der Waals surface area (Å²) >= 11 is 0. The highest BCUT2D eigenvalue weighted by Gasteiger charge is 2.46. The van der Waals surface area contributed by atoms with Gasteiger partial charge in [0.05, 0.1) is 68.5 Å². The van der Waals surface area contributed by atoms with Crippen molar-refractivity contribution in [1.82, 2.24) is 19.9 Å². The van der Waals surface area contributed by atoms with Gasteiger partial charge in [0.25, 0.3) is 0 Å². The lowest BCUT2D eigenvalue weighted by Crippen LogP contribution is -2.30. The van der Waals surface area contributed by atoms with Gasteiger partial charge in [0.2, 0.25) is 0 Å². The second kappa shape index (κ2) is 10.4. The molecule has 0 radical (unpaired) electrons. The Morgan fingerprint density at radius 3 is 0.667 bits per heavy atom. The van der Waals surface area contributed by atoms with Crippen LogP contribution in [0.3, 0.4) is 0 Å². The van der Waals surface area contributed by atoms with Crippen molar-refractivity contribution >= 4 is 22.1 Å². The molecule has 0 saturated heterocycles. The van der Waals surface area contributed by atoms with Crippen LogP contribution >= 0.6 is 0 Å². The highest BCUT2D eigenvalue weighted by molar-refractivity contribution is 6.17. The SMILES string of the molecule is c1ccc(-c2c3nc4c(nc3c(-c3ccccc3)c3nc5c(nc23)C2c3ccccc3C5c3ccccc32)C2c3ccccc3C4c3ccccc32)cc1. The molecule has 0 unspecified atom stereocenters. The smallest absolute Gasteiger partial charge is 0.0998 e. The van der Waals surface area contributed by atoms with E-state index in [2.05, 4.69) is 158 Å². The number of nitrogens with zero attached hydrogens (tertiary/aromatic N) is 4. The van der Waals surface area contributed by atoms with Crippen LogP contribution in [0.2, 0.25) is 0 Å². The molecule has 6 aliphatic rings. The molecule has 6 aliphatic carbocycles. The summed E-state index contributed by atoms with van der Waals surface area (Å²) in [6.07, 6.45) is 0. The first-order valence-electron chi connectivity index (χ1n) is 18.9. The molecule has 0 atom stereocenters. The number of hydrogen-bond donors (Lipinski definition) is 0. The predicted octanol–water partition coefficient (Wildman–Crippen LogP) is 10.9. The van der Waals surface area contributed by atoms with E-state index in [4.69, 9.17) is 19.9 Å². The summed E-state index contributed by atoms with van der Waals surface area (Å²) in [7, 11) is 0. The van der Waals surface area contributed by atoms with Crippen molar-refractivity contribution < 1.29 is 0 Å². The fourth-order valence-corrected chi connectivity index (χ4v) is 10.4. The van der Waals surface area contributed by atoms with Crippen molar-refractivity contribution in [3.8, 4) is 22.3 Å². The minimum atomic E-state index is 0.00662. The van der Waals surface area contributed by atoms with Crippen LogP contribution in [0.15, 0.2) is 158 Å². The van der Waals surface area contributed by atoms with Crippen molar-refractivity contribution in [1.29, 1.82) is 0 Å². The molecular weight excluding hydrogens is 657 g/mol. The molecule has 0 spiro atoms. The zero-order chi connectivity index (χ0) is 35.1. The van der Waals surface area contributed by atoms with Crippen LogP contribution in [0.4, 0.5) is 0 Å². The Labute approximate surface area is 311 Å². The Balaban J connectivity index is 1.20. The van der Waals surface area contributed by atoms with Crippen molar-refractivity contribution in [2.45, 2.75) is 23.7 Å². The van der Waals surface area contributed by atoms with Gasteiger partial charge in [-0.1, -0.05) is 158 Å². The zero-order valence-corrected chi connectivity index (χ0v) is 29.1. The van der Waals surface area contributed by atoms with E-state index >= 15 is 0 Å². The second-order valence-corrected chi connectivity index (χ2v) is 15.1. The number of rotatable bonds is 2. The van der Waals surface area contributed by atoms with Crippen LogP contribution in [-0.4, -0.2) is 19.9 Å². The van der Waals surface area contributed by atoms with E-state index in [1.807, 2.05) is 0 Å². The summed E-state index contributed by atoms with van der Waals surface area (Å²) in [5.41, 5.74) is 22.5. The average molecular weight is 687 g/mol. The van der Waals surface area contributed by atoms with E-state index < -0.39 is 0 Å². The Bertz CT molecular complexity index is 2610. The van der Waals surface area contributed by atoms with Gasteiger partial charge in [-0.15, -0.1) is 0 Å². The van der Waals surface area contributed by atoms with Gasteiger partial charge < -0.3 is 0 Å². The third kappa shape index (κ3) is 3.58. The summed E-state index contributed by atoms with van der Waals surface area (Å²) < 4.78 is 0. The van der Waals surface area contributed by atoms with Gasteiger partial charge in [-0.25, -0.2) is 19.9 Å². The monoisotopic (exact) mass is 686 g/mol. The minimum Gasteiger partial charge on any atom is -0.247 e. The zero-order valence-electron chi connectivity index (χ0n) is 29.1. The van der Waals surface area contributed by atoms with Crippen LogP contribution in [-0.2, 0) is 0 Å². The maximum atomic E-state index is 5.81. The van der Waals surface area contributed by atoms with Crippen molar-refractivity contribution in [3.05, 3.63) is 225 Å². The molecule has 0 aliphatic heterocycles. The first-order chi connectivity index (χ1) is 26.8. The van der Waals surface area contributed by atoms with Crippen LogP contribution in [0.25, 0.3) is 44.3 Å². The number of benzene rings is 7. The maximum absolute atomic E-state index is 5.81. The van der Waals surface area contributed by atoms with Gasteiger partial charge in [0.15, 0.2) is 0 Å². The molecule has 15 rings (SSSR count). The highest BCUT2D eigenvalue weighted by Crippen LogP contribution is 2.58. The van der Waals surface area contributed by atoms with Crippen LogP contribution in [0, 0.1) is 0 Å². The van der Waals surface area contributed by atoms with Gasteiger partial charge in [-0.2, -0.15) is 0 Å². The van der Waals surface area contributed by atoms with E-state index in [1.165, 1.54) is 44.5 Å². The topological polar surface area (TPSA) is 51.6 Å². The Hall–Kier alpha value is -6.78. The van der Waals surface area contributed by atoms with Crippen LogP contribution in [0.5, 0.6) is 0 Å². The number of fused-ring (bicyclic) bond motifs is 2. The Morgan fingerprint density at radius 2 is 0.444 bits per heavy atom. The van der Waals surface area contributed by atoms with E-state index in [1.54, 1.807) is 0 Å². The summed E-state index contributed by atoms with van der Waals surface area (Å²) in [4.78, 5) is 23.2. The lowest BCUT2D eigenvalue weighted by molar-refractivity contribution is 0.707. The molecular formula is C50H30N4. The first-order valence-corrected chi connectivity index (χ1v) is 18.9. The summed E-state index contributed by atoms with van der Waals surface area (Å²) in [5.74, 6) is 0.0265. The van der Waals surface area contributed by atoms with E-state index in [9.17, 15) is 0 Å². The first kappa shape index (κ1) is 28.8. The third-order valence-electron chi connectivity index (χ3n) is 12.5. The number of aromatic nitrogens is 4. The molecule has 0 amide bonds. The summed E-state index contributed by atoms with van der Waals surface area (Å²) in [6, 6.07) is 56.9. The molecule has 4 heteroatoms. The molecule has 4 bridgehead atoms. The average Bonchev–Trinajstić information content (AvgIpc) is 3.24. The lowest BCUT2D eigenvalue weighted by atomic mass is 9.64. The standard InChI is InChI=1S/C50H30N4/c1-3-15-27(16-4-1)37-43-45(53-49-41-33-23-11-7-19-29(33)39(47(49)51-43)30-20-8-12-24-34(30)41)38(28-17-5-2-6-18-28)46-44(37)52-48-40-31-21-9-13-25-35(31)42(50(48)54-46)36-26-14-10-22-32(36)40/h1-26,39-42H. The quantitative estimate of drug-likeness (QED) is 0.170. The fraction of sp³-hybridized carbons (Fsp3) is 0.0800.